The zero-order chi connectivity index (χ0) is 22.2. The molecule has 7 nitrogen and oxygen atoms in total. The van der Waals surface area contributed by atoms with E-state index in [9.17, 15) is 14.4 Å². The number of ether oxygens (including phenoxy) is 2. The van der Waals surface area contributed by atoms with Gasteiger partial charge < -0.3 is 20.1 Å². The molecule has 0 radical (unpaired) electrons. The van der Waals surface area contributed by atoms with E-state index >= 15 is 0 Å². The summed E-state index contributed by atoms with van der Waals surface area (Å²) in [4.78, 5) is 37.2. The molecule has 0 saturated carbocycles. The summed E-state index contributed by atoms with van der Waals surface area (Å²) in [6.45, 7) is 1.67. The van der Waals surface area contributed by atoms with E-state index in [4.69, 9.17) is 9.47 Å². The third-order valence-corrected chi connectivity index (χ3v) is 5.58. The number of anilines is 2. The first-order valence-electron chi connectivity index (χ1n) is 10.3. The molecule has 2 amide bonds. The van der Waals surface area contributed by atoms with E-state index in [1.165, 1.54) is 0 Å². The van der Waals surface area contributed by atoms with Gasteiger partial charge in [-0.2, -0.15) is 0 Å². The number of rotatable bonds is 3. The van der Waals surface area contributed by atoms with Gasteiger partial charge in [-0.25, -0.2) is 4.79 Å². The van der Waals surface area contributed by atoms with Gasteiger partial charge in [-0.15, -0.1) is 0 Å². The lowest BCUT2D eigenvalue weighted by molar-refractivity contribution is -0.122. The first-order chi connectivity index (χ1) is 15.5. The van der Waals surface area contributed by atoms with Crippen LogP contribution in [-0.4, -0.2) is 23.9 Å². The number of carbonyl (C=O) groups is 3. The van der Waals surface area contributed by atoms with E-state index in [1.807, 2.05) is 30.3 Å². The lowest BCUT2D eigenvalue weighted by Crippen LogP contribution is -2.34. The van der Waals surface area contributed by atoms with Crippen LogP contribution in [0, 0.1) is 0 Å². The second kappa shape index (κ2) is 7.85. The molecule has 0 aliphatic carbocycles. The smallest absolute Gasteiger partial charge is 0.339 e. The minimum Gasteiger partial charge on any atom is -0.479 e. The molecule has 2 aliphatic heterocycles. The zero-order valence-corrected chi connectivity index (χ0v) is 17.3. The lowest BCUT2D eigenvalue weighted by Gasteiger charge is -2.25. The van der Waals surface area contributed by atoms with Crippen molar-refractivity contribution in [1.29, 1.82) is 0 Å². The van der Waals surface area contributed by atoms with Gasteiger partial charge >= 0.3 is 5.97 Å². The van der Waals surface area contributed by atoms with Crippen LogP contribution in [0.3, 0.4) is 0 Å². The predicted octanol–water partition coefficient (Wildman–Crippen LogP) is 4.11. The number of amides is 2. The van der Waals surface area contributed by atoms with E-state index < -0.39 is 12.1 Å². The van der Waals surface area contributed by atoms with Crippen LogP contribution in [0.15, 0.2) is 66.7 Å². The standard InChI is InChI=1S/C25H20N2O5/c1-14-23(28)27-20-13-18(8-10-21(20)31-14)26-24(29)16-7-9-19-17(11-16)12-22(32-25(19)30)15-5-3-2-4-6-15/h2-11,13-14,22H,12H2,1H3,(H,26,29)(H,27,28)/t14-,22-/m1/s1. The molecule has 0 saturated heterocycles. The van der Waals surface area contributed by atoms with Crippen molar-refractivity contribution in [3.8, 4) is 5.75 Å². The van der Waals surface area contributed by atoms with Crippen molar-refractivity contribution >= 4 is 29.2 Å². The van der Waals surface area contributed by atoms with E-state index in [1.54, 1.807) is 43.3 Å². The summed E-state index contributed by atoms with van der Waals surface area (Å²) in [6, 6.07) is 19.5. The van der Waals surface area contributed by atoms with Crippen LogP contribution in [0.1, 0.15) is 44.9 Å². The van der Waals surface area contributed by atoms with Gasteiger partial charge in [-0.3, -0.25) is 9.59 Å². The molecule has 0 bridgehead atoms. The average molecular weight is 428 g/mol. The van der Waals surface area contributed by atoms with Gasteiger partial charge in [0.15, 0.2) is 6.10 Å². The molecule has 3 aromatic carbocycles. The molecule has 2 aliphatic rings. The summed E-state index contributed by atoms with van der Waals surface area (Å²) in [7, 11) is 0. The largest absolute Gasteiger partial charge is 0.479 e. The maximum absolute atomic E-state index is 12.9. The van der Waals surface area contributed by atoms with Crippen LogP contribution in [0.25, 0.3) is 0 Å². The molecule has 2 heterocycles. The summed E-state index contributed by atoms with van der Waals surface area (Å²) in [6.07, 6.45) is -0.460. The molecule has 0 fully saturated rings. The molecule has 0 aromatic heterocycles. The Hall–Kier alpha value is -4.13. The fraction of sp³-hybridized carbons (Fsp3) is 0.160. The highest BCUT2D eigenvalue weighted by molar-refractivity contribution is 6.06. The van der Waals surface area contributed by atoms with Crippen molar-refractivity contribution < 1.29 is 23.9 Å². The molecule has 2 N–H and O–H groups in total. The van der Waals surface area contributed by atoms with E-state index in [0.29, 0.717) is 34.7 Å². The summed E-state index contributed by atoms with van der Waals surface area (Å²) in [5.41, 5.74) is 3.60. The van der Waals surface area contributed by atoms with Crippen molar-refractivity contribution in [1.82, 2.24) is 0 Å². The Morgan fingerprint density at radius 1 is 1.00 bits per heavy atom. The topological polar surface area (TPSA) is 93.7 Å². The van der Waals surface area contributed by atoms with Gasteiger partial charge in [0.2, 0.25) is 0 Å². The van der Waals surface area contributed by atoms with Gasteiger partial charge in [0.1, 0.15) is 11.9 Å². The van der Waals surface area contributed by atoms with Crippen LogP contribution in [0.4, 0.5) is 11.4 Å². The van der Waals surface area contributed by atoms with Gasteiger partial charge in [0.25, 0.3) is 11.8 Å². The highest BCUT2D eigenvalue weighted by Gasteiger charge is 2.28. The minimum atomic E-state index is -0.565. The van der Waals surface area contributed by atoms with Gasteiger partial charge in [0, 0.05) is 17.7 Å². The van der Waals surface area contributed by atoms with Crippen LogP contribution in [0.5, 0.6) is 5.75 Å². The number of hydrogen-bond donors (Lipinski definition) is 2. The Kier molecular flexibility index (Phi) is 4.86. The summed E-state index contributed by atoms with van der Waals surface area (Å²) >= 11 is 0. The first kappa shape index (κ1) is 19.8. The molecule has 32 heavy (non-hydrogen) atoms. The molecule has 7 heteroatoms. The monoisotopic (exact) mass is 428 g/mol. The van der Waals surface area contributed by atoms with Crippen LogP contribution in [-0.2, 0) is 16.0 Å². The number of fused-ring (bicyclic) bond motifs is 2. The number of benzene rings is 3. The second-order valence-corrected chi connectivity index (χ2v) is 7.80. The average Bonchev–Trinajstić information content (AvgIpc) is 2.80. The van der Waals surface area contributed by atoms with E-state index in [2.05, 4.69) is 10.6 Å². The number of hydrogen-bond acceptors (Lipinski definition) is 5. The molecular weight excluding hydrogens is 408 g/mol. The highest BCUT2D eigenvalue weighted by Crippen LogP contribution is 2.33. The molecular formula is C25H20N2O5. The lowest BCUT2D eigenvalue weighted by atomic mass is 9.93. The zero-order valence-electron chi connectivity index (χ0n) is 17.3. The highest BCUT2D eigenvalue weighted by atomic mass is 16.5. The quantitative estimate of drug-likeness (QED) is 0.613. The third-order valence-electron chi connectivity index (χ3n) is 5.58. The van der Waals surface area contributed by atoms with Crippen LogP contribution < -0.4 is 15.4 Å². The molecule has 5 rings (SSSR count). The maximum atomic E-state index is 12.9. The molecule has 160 valence electrons. The van der Waals surface area contributed by atoms with Crippen LogP contribution >= 0.6 is 0 Å². The summed E-state index contributed by atoms with van der Waals surface area (Å²) in [5, 5.41) is 5.60. The van der Waals surface area contributed by atoms with Gasteiger partial charge in [0.05, 0.1) is 11.3 Å². The fourth-order valence-corrected chi connectivity index (χ4v) is 3.88. The SMILES string of the molecule is C[C@H]1Oc2ccc(NC(=O)c3ccc4c(c3)C[C@H](c3ccccc3)OC4=O)cc2NC1=O. The van der Waals surface area contributed by atoms with Gasteiger partial charge in [-0.05, 0) is 54.4 Å². The van der Waals surface area contributed by atoms with Crippen molar-refractivity contribution in [2.75, 3.05) is 10.6 Å². The van der Waals surface area contributed by atoms with Crippen molar-refractivity contribution in [3.63, 3.8) is 0 Å². The Bertz CT molecular complexity index is 1240. The normalized spacial score (nSPS) is 19.0. The van der Waals surface area contributed by atoms with Crippen molar-refractivity contribution in [2.24, 2.45) is 0 Å². The van der Waals surface area contributed by atoms with Crippen molar-refractivity contribution in [3.05, 3.63) is 89.0 Å². The molecule has 2 atom stereocenters. The van der Waals surface area contributed by atoms with E-state index in [0.717, 1.165) is 11.1 Å². The Morgan fingerprint density at radius 3 is 2.62 bits per heavy atom. The van der Waals surface area contributed by atoms with Crippen LogP contribution in [0.2, 0.25) is 0 Å². The molecule has 0 spiro atoms. The molecule has 0 unspecified atom stereocenters. The fourth-order valence-electron chi connectivity index (χ4n) is 3.88. The van der Waals surface area contributed by atoms with Crippen molar-refractivity contribution in [2.45, 2.75) is 25.6 Å². The Labute approximate surface area is 184 Å². The Balaban J connectivity index is 1.36. The first-order valence-corrected chi connectivity index (χ1v) is 10.3. The number of carbonyl (C=O) groups excluding carboxylic acids is 3. The maximum Gasteiger partial charge on any atom is 0.339 e. The van der Waals surface area contributed by atoms with Gasteiger partial charge in [-0.1, -0.05) is 30.3 Å². The summed E-state index contributed by atoms with van der Waals surface area (Å²) < 4.78 is 11.1. The predicted molar refractivity (Wildman–Crippen MR) is 118 cm³/mol. The number of esters is 1. The minimum absolute atomic E-state index is 0.240. The Morgan fingerprint density at radius 2 is 1.81 bits per heavy atom. The molecule has 3 aromatic rings. The number of nitrogens with one attached hydrogen (secondary N) is 2. The summed E-state index contributed by atoms with van der Waals surface area (Å²) in [5.74, 6) is -0.407. The number of cyclic esters (lactones) is 1. The second-order valence-electron chi connectivity index (χ2n) is 7.80. The van der Waals surface area contributed by atoms with E-state index in [-0.39, 0.29) is 17.9 Å². The third kappa shape index (κ3) is 3.69.